The maximum absolute atomic E-state index is 6.78. The molecule has 0 aliphatic rings. The van der Waals surface area contributed by atoms with Crippen LogP contribution in [-0.2, 0) is 0 Å². The second-order valence-corrected chi connectivity index (χ2v) is 31.2. The molecule has 6 heterocycles. The summed E-state index contributed by atoms with van der Waals surface area (Å²) in [5.41, 5.74) is 28.7. The molecule has 0 spiro atoms. The Balaban J connectivity index is 0.000000143. The molecular formula is C114H72N8O2. The van der Waals surface area contributed by atoms with Gasteiger partial charge < -0.3 is 18.0 Å². The summed E-state index contributed by atoms with van der Waals surface area (Å²) in [6.45, 7) is 0. The third-order valence-electron chi connectivity index (χ3n) is 23.7. The van der Waals surface area contributed by atoms with E-state index in [-0.39, 0.29) is 0 Å². The maximum Gasteiger partial charge on any atom is 0.164 e. The number of hydrogen-bond donors (Lipinski definition) is 0. The Kier molecular flexibility index (Phi) is 18.0. The predicted octanol–water partition coefficient (Wildman–Crippen LogP) is 29.7. The third-order valence-corrected chi connectivity index (χ3v) is 23.7. The van der Waals surface area contributed by atoms with E-state index in [0.717, 1.165) is 166 Å². The van der Waals surface area contributed by atoms with E-state index in [1.807, 2.05) is 127 Å². The quantitative estimate of drug-likeness (QED) is 0.106. The minimum Gasteiger partial charge on any atom is -0.456 e. The van der Waals surface area contributed by atoms with Crippen molar-refractivity contribution < 1.29 is 8.83 Å². The van der Waals surface area contributed by atoms with Gasteiger partial charge in [-0.1, -0.05) is 328 Å². The van der Waals surface area contributed by atoms with Crippen LogP contribution in [0.1, 0.15) is 0 Å². The van der Waals surface area contributed by atoms with Gasteiger partial charge in [0.1, 0.15) is 22.3 Å². The first-order chi connectivity index (χ1) is 61.5. The molecule has 580 valence electrons. The number of para-hydroxylation sites is 4. The summed E-state index contributed by atoms with van der Waals surface area (Å²) in [4.78, 5) is 31.0. The maximum atomic E-state index is 6.78. The average Bonchev–Trinajstić information content (AvgIpc) is 1.56. The van der Waals surface area contributed by atoms with Gasteiger partial charge in [0.05, 0.1) is 22.1 Å². The van der Waals surface area contributed by atoms with Crippen LogP contribution in [0.15, 0.2) is 446 Å². The fraction of sp³-hybridized carbons (Fsp3) is 0. The van der Waals surface area contributed by atoms with E-state index < -0.39 is 0 Å². The first kappa shape index (κ1) is 72.4. The van der Waals surface area contributed by atoms with Crippen molar-refractivity contribution in [2.75, 3.05) is 0 Å². The Morgan fingerprint density at radius 1 is 0.153 bits per heavy atom. The number of benzene rings is 18. The zero-order valence-corrected chi connectivity index (χ0v) is 67.0. The lowest BCUT2D eigenvalue weighted by Gasteiger charge is -2.15. The van der Waals surface area contributed by atoms with Crippen molar-refractivity contribution in [1.82, 2.24) is 39.0 Å². The summed E-state index contributed by atoms with van der Waals surface area (Å²) in [7, 11) is 0. The van der Waals surface area contributed by atoms with E-state index in [1.165, 1.54) is 32.7 Å². The predicted molar refractivity (Wildman–Crippen MR) is 508 cm³/mol. The van der Waals surface area contributed by atoms with E-state index in [0.29, 0.717) is 34.9 Å². The highest BCUT2D eigenvalue weighted by molar-refractivity contribution is 6.29. The minimum absolute atomic E-state index is 0.592. The molecule has 0 unspecified atom stereocenters. The van der Waals surface area contributed by atoms with E-state index in [4.69, 9.17) is 38.7 Å². The highest BCUT2D eigenvalue weighted by Crippen LogP contribution is 2.48. The van der Waals surface area contributed by atoms with Gasteiger partial charge in [-0.25, -0.2) is 29.9 Å². The fourth-order valence-corrected chi connectivity index (χ4v) is 17.9. The van der Waals surface area contributed by atoms with Crippen molar-refractivity contribution >= 4 is 87.5 Å². The van der Waals surface area contributed by atoms with Crippen molar-refractivity contribution in [2.45, 2.75) is 0 Å². The largest absolute Gasteiger partial charge is 0.456 e. The molecule has 0 N–H and O–H groups in total. The number of rotatable bonds is 14. The third kappa shape index (κ3) is 13.1. The van der Waals surface area contributed by atoms with Crippen LogP contribution >= 0.6 is 0 Å². The molecule has 18 aromatic carbocycles. The molecule has 0 bridgehead atoms. The van der Waals surface area contributed by atoms with Gasteiger partial charge in [0.25, 0.3) is 0 Å². The first-order valence-electron chi connectivity index (χ1n) is 41.7. The smallest absolute Gasteiger partial charge is 0.164 e. The van der Waals surface area contributed by atoms with Crippen LogP contribution in [0.2, 0.25) is 0 Å². The van der Waals surface area contributed by atoms with E-state index in [1.54, 1.807) is 0 Å². The van der Waals surface area contributed by atoms with E-state index >= 15 is 0 Å². The molecule has 10 heteroatoms. The van der Waals surface area contributed by atoms with Gasteiger partial charge in [0.15, 0.2) is 34.9 Å². The molecule has 6 aromatic heterocycles. The van der Waals surface area contributed by atoms with Crippen LogP contribution in [-0.4, -0.2) is 39.0 Å². The van der Waals surface area contributed by atoms with Gasteiger partial charge in [-0.3, -0.25) is 0 Å². The Labute approximate surface area is 713 Å². The Morgan fingerprint density at radius 2 is 0.460 bits per heavy atom. The van der Waals surface area contributed by atoms with Gasteiger partial charge >= 0.3 is 0 Å². The molecule has 0 aliphatic heterocycles. The van der Waals surface area contributed by atoms with Crippen molar-refractivity contribution in [3.05, 3.63) is 437 Å². The second kappa shape index (κ2) is 30.8. The van der Waals surface area contributed by atoms with Crippen LogP contribution in [0, 0.1) is 0 Å². The summed E-state index contributed by atoms with van der Waals surface area (Å²) >= 11 is 0. The number of nitrogens with zero attached hydrogens (tertiary/aromatic N) is 8. The van der Waals surface area contributed by atoms with Gasteiger partial charge in [0, 0.05) is 87.8 Å². The molecule has 0 aliphatic carbocycles. The normalized spacial score (nSPS) is 11.5. The molecule has 24 rings (SSSR count). The van der Waals surface area contributed by atoms with Crippen LogP contribution in [0.3, 0.4) is 0 Å². The molecule has 24 aromatic rings. The van der Waals surface area contributed by atoms with Crippen molar-refractivity contribution in [3.63, 3.8) is 0 Å². The standard InChI is InChI=1S/2C57H36N4O/c1-5-16-37(17-6-1)40-22-15-23-41(34-40)42-28-30-45(47(35-42)57-59-55(38-18-7-2-8-19-38)58-56(60-57)39-20-9-3-10-21-39)43-29-32-51-48(36-43)54-52(62-51)33-31-50-53(54)46-26-13-14-27-49(46)61(50)44-24-11-4-12-25-44;1-5-16-37(17-6-1)40-22-15-23-41(34-40)42-28-30-45(48(35-42)57-59-55(38-18-7-2-8-19-38)58-56(60-57)39-20-9-3-10-21-39)43-29-31-47-52(36-43)62-51-33-32-50-53(54(47)51)46-26-13-14-27-49(46)61(50)44-24-11-4-12-25-44/h2*1-36H. The highest BCUT2D eigenvalue weighted by atomic mass is 16.3. The molecular weight excluding hydrogens is 1510 g/mol. The molecule has 0 saturated carbocycles. The average molecular weight is 1590 g/mol. The summed E-state index contributed by atoms with van der Waals surface area (Å²) in [5.74, 6) is 3.65. The Hall–Kier alpha value is -16.8. The molecule has 10 nitrogen and oxygen atoms in total. The number of hydrogen-bond acceptors (Lipinski definition) is 8. The van der Waals surface area contributed by atoms with E-state index in [2.05, 4.69) is 319 Å². The van der Waals surface area contributed by atoms with Crippen molar-refractivity contribution in [1.29, 1.82) is 0 Å². The topological polar surface area (TPSA) is 113 Å². The molecule has 0 amide bonds. The van der Waals surface area contributed by atoms with Gasteiger partial charge in [0.2, 0.25) is 0 Å². The minimum atomic E-state index is 0.592. The highest BCUT2D eigenvalue weighted by Gasteiger charge is 2.26. The van der Waals surface area contributed by atoms with E-state index in [9.17, 15) is 0 Å². The fourth-order valence-electron chi connectivity index (χ4n) is 17.9. The lowest BCUT2D eigenvalue weighted by atomic mass is 9.92. The van der Waals surface area contributed by atoms with Crippen LogP contribution < -0.4 is 0 Å². The summed E-state index contributed by atoms with van der Waals surface area (Å²) < 4.78 is 18.1. The van der Waals surface area contributed by atoms with Crippen LogP contribution in [0.25, 0.3) is 234 Å². The van der Waals surface area contributed by atoms with Gasteiger partial charge in [-0.05, 0) is 176 Å². The van der Waals surface area contributed by atoms with Crippen molar-refractivity contribution in [3.8, 4) is 146 Å². The Morgan fingerprint density at radius 3 is 0.879 bits per heavy atom. The van der Waals surface area contributed by atoms with Crippen LogP contribution in [0.4, 0.5) is 0 Å². The molecule has 0 atom stereocenters. The lowest BCUT2D eigenvalue weighted by Crippen LogP contribution is -2.01. The molecule has 0 saturated heterocycles. The molecule has 0 radical (unpaired) electrons. The second-order valence-electron chi connectivity index (χ2n) is 31.2. The van der Waals surface area contributed by atoms with Crippen molar-refractivity contribution in [2.24, 2.45) is 0 Å². The monoisotopic (exact) mass is 1580 g/mol. The zero-order chi connectivity index (χ0) is 82.0. The number of aromatic nitrogens is 8. The lowest BCUT2D eigenvalue weighted by molar-refractivity contribution is 0.669. The number of fused-ring (bicyclic) bond motifs is 14. The number of furan rings is 2. The first-order valence-corrected chi connectivity index (χ1v) is 41.7. The Bertz CT molecular complexity index is 8080. The summed E-state index contributed by atoms with van der Waals surface area (Å²) in [6.07, 6.45) is 0. The van der Waals surface area contributed by atoms with Gasteiger partial charge in [-0.2, -0.15) is 0 Å². The SMILES string of the molecule is c1ccc(-c2cccc(-c3ccc(-c4ccc5c(c4)oc4ccc6c(c7ccccc7n6-c6ccccc6)c45)c(-c4nc(-c5ccccc5)nc(-c5ccccc5)n4)c3)c2)cc1.c1ccc(-c2cccc(-c3ccc(-c4ccc5oc6ccc7c(c8ccccc8n7-c7ccccc7)c6c5c4)c(-c4nc(-c5ccccc5)nc(-c5ccccc5)n4)c3)c2)cc1. The molecule has 124 heavy (non-hydrogen) atoms. The van der Waals surface area contributed by atoms with Crippen LogP contribution in [0.5, 0.6) is 0 Å². The zero-order valence-electron chi connectivity index (χ0n) is 67.0. The summed E-state index contributed by atoms with van der Waals surface area (Å²) in [5, 5.41) is 9.05. The molecule has 0 fully saturated rings. The summed E-state index contributed by atoms with van der Waals surface area (Å²) in [6, 6.07) is 152. The van der Waals surface area contributed by atoms with Gasteiger partial charge in [-0.15, -0.1) is 0 Å².